The van der Waals surface area contributed by atoms with Gasteiger partial charge in [-0.15, -0.1) is 0 Å². The molecule has 0 spiro atoms. The Morgan fingerprint density at radius 1 is 1.08 bits per heavy atom. The number of benzene rings is 1. The minimum absolute atomic E-state index is 0.000523. The first-order valence-electron chi connectivity index (χ1n) is 18.1. The van der Waals surface area contributed by atoms with Crippen LogP contribution in [0.4, 0.5) is 10.5 Å². The second kappa shape index (κ2) is 16.9. The molecular formula is C36H56N4O6SSiSn. The van der Waals surface area contributed by atoms with Crippen molar-refractivity contribution in [3.63, 3.8) is 0 Å². The summed E-state index contributed by atoms with van der Waals surface area (Å²) in [6.45, 7) is 18.2. The summed E-state index contributed by atoms with van der Waals surface area (Å²) < 4.78 is 18.7. The fourth-order valence-electron chi connectivity index (χ4n) is 6.91. The van der Waals surface area contributed by atoms with Crippen molar-refractivity contribution in [3.8, 4) is 0 Å². The molecule has 1 unspecified atom stereocenters. The molecule has 0 N–H and O–H groups in total. The van der Waals surface area contributed by atoms with E-state index in [9.17, 15) is 19.7 Å². The van der Waals surface area contributed by atoms with E-state index >= 15 is 0 Å². The van der Waals surface area contributed by atoms with Crippen molar-refractivity contribution in [2.24, 2.45) is 0 Å². The molecular weight excluding hydrogens is 763 g/mol. The van der Waals surface area contributed by atoms with Gasteiger partial charge >= 0.3 is 283 Å². The molecule has 1 aromatic heterocycles. The van der Waals surface area contributed by atoms with Crippen LogP contribution in [-0.2, 0) is 20.6 Å². The number of likely N-dealkylation sites (tertiary alicyclic amines) is 1. The Labute approximate surface area is 301 Å². The molecule has 0 saturated carbocycles. The third kappa shape index (κ3) is 9.03. The molecule has 2 aliphatic heterocycles. The molecule has 0 bridgehead atoms. The van der Waals surface area contributed by atoms with E-state index < -0.39 is 37.7 Å². The Kier molecular flexibility index (Phi) is 13.7. The molecule has 1 aromatic carbocycles. The number of aromatic nitrogens is 2. The van der Waals surface area contributed by atoms with Crippen LogP contribution in [0.3, 0.4) is 0 Å². The quantitative estimate of drug-likeness (QED) is 0.0712. The molecule has 1 saturated heterocycles. The number of imidazole rings is 1. The number of thioether (sulfide) groups is 1. The van der Waals surface area contributed by atoms with Crippen LogP contribution >= 0.6 is 11.8 Å². The first-order valence-corrected chi connectivity index (χ1v) is 29.5. The van der Waals surface area contributed by atoms with Crippen LogP contribution in [0, 0.1) is 10.1 Å². The number of nitro benzene ring substituents is 1. The van der Waals surface area contributed by atoms with Crippen molar-refractivity contribution in [1.29, 1.82) is 0 Å². The molecule has 270 valence electrons. The molecule has 1 fully saturated rings. The first kappa shape index (κ1) is 39.7. The SMILES string of the molecule is CCC[CH2][Sn]([CH2]CCC)([CH2]CCC)[CH]1Sc2c([C@@H]3C[C@@H](O[Si](C)(C)C(C)(C)C)CN3C(=O)OCc3ccc([N+](=O)[O-])cc3)ncn2C1=C=O. The monoisotopic (exact) mass is 820 g/mol. The van der Waals surface area contributed by atoms with Crippen LogP contribution in [0.25, 0.3) is 5.70 Å². The van der Waals surface area contributed by atoms with E-state index in [-0.39, 0.29) is 32.7 Å². The van der Waals surface area contributed by atoms with Crippen molar-refractivity contribution in [2.75, 3.05) is 6.54 Å². The molecule has 2 aliphatic rings. The van der Waals surface area contributed by atoms with E-state index in [0.717, 1.165) is 35.7 Å². The van der Waals surface area contributed by atoms with Gasteiger partial charge in [-0.3, -0.25) is 10.1 Å². The van der Waals surface area contributed by atoms with Gasteiger partial charge < -0.3 is 0 Å². The van der Waals surface area contributed by atoms with E-state index in [2.05, 4.69) is 60.6 Å². The molecule has 3 atom stereocenters. The van der Waals surface area contributed by atoms with Crippen LogP contribution in [0.2, 0.25) is 31.4 Å². The number of fused-ring (bicyclic) bond motifs is 1. The van der Waals surface area contributed by atoms with Gasteiger partial charge in [0, 0.05) is 0 Å². The Bertz CT molecular complexity index is 1480. The zero-order chi connectivity index (χ0) is 36.0. The van der Waals surface area contributed by atoms with E-state index in [0.29, 0.717) is 18.5 Å². The molecule has 0 aliphatic carbocycles. The maximum atomic E-state index is 13.9. The standard InChI is InChI=1S/C24H29N4O6SSi.3C4H9.Sn/c1-24(2,3)36(4,5)34-19-10-20(21-22-27(15-25-21)18(12-29)14-35-22)26(11-19)23(30)33-13-16-6-8-17(9-7-16)28(31)32;3*1-3-4-2;/h6-9,14-15,19-20H,10-11,13H2,1-5H3;3*1,3-4H2,2H3;/t19-,20+;;;;/m1..../s1. The maximum absolute atomic E-state index is 13.9. The number of rotatable bonds is 16. The second-order valence-corrected chi connectivity index (χ2v) is 36.1. The molecule has 13 heteroatoms. The number of hydrogen-bond acceptors (Lipinski definition) is 8. The van der Waals surface area contributed by atoms with E-state index in [4.69, 9.17) is 14.1 Å². The zero-order valence-corrected chi connectivity index (χ0v) is 35.4. The number of amides is 1. The molecule has 1 amide bonds. The third-order valence-electron chi connectivity index (χ3n) is 10.8. The van der Waals surface area contributed by atoms with Gasteiger partial charge in [-0.2, -0.15) is 0 Å². The summed E-state index contributed by atoms with van der Waals surface area (Å²) in [5.41, 5.74) is 2.19. The minimum atomic E-state index is -2.94. The van der Waals surface area contributed by atoms with Crippen molar-refractivity contribution in [2.45, 2.75) is 145 Å². The zero-order valence-electron chi connectivity index (χ0n) is 30.8. The summed E-state index contributed by atoms with van der Waals surface area (Å²) in [5.74, 6) is 2.40. The Morgan fingerprint density at radius 3 is 2.18 bits per heavy atom. The number of nitrogens with zero attached hydrogens (tertiary/aromatic N) is 4. The van der Waals surface area contributed by atoms with Crippen LogP contribution in [0.1, 0.15) is 104 Å². The number of unbranched alkanes of at least 4 members (excludes halogenated alkanes) is 3. The summed E-state index contributed by atoms with van der Waals surface area (Å²) >= 11 is -1.12. The fourth-order valence-corrected chi connectivity index (χ4v) is 30.7. The Morgan fingerprint density at radius 2 is 1.67 bits per heavy atom. The summed E-state index contributed by atoms with van der Waals surface area (Å²) in [4.78, 5) is 43.9. The van der Waals surface area contributed by atoms with Crippen molar-refractivity contribution in [1.82, 2.24) is 14.5 Å². The van der Waals surface area contributed by atoms with Gasteiger partial charge in [-0.05, 0) is 0 Å². The van der Waals surface area contributed by atoms with Gasteiger partial charge in [-0.1, -0.05) is 0 Å². The number of non-ortho nitro benzene ring substituents is 1. The summed E-state index contributed by atoms with van der Waals surface area (Å²) in [6, 6.07) is 5.67. The average Bonchev–Trinajstić information content (AvgIpc) is 3.76. The molecule has 0 radical (unpaired) electrons. The number of ether oxygens (including phenoxy) is 1. The van der Waals surface area contributed by atoms with Gasteiger partial charge in [0.2, 0.25) is 0 Å². The number of carbonyl (C=O) groups excluding carboxylic acids is 2. The van der Waals surface area contributed by atoms with Gasteiger partial charge in [0.1, 0.15) is 0 Å². The summed E-state index contributed by atoms with van der Waals surface area (Å²) in [7, 11) is -2.16. The number of hydrogen-bond donors (Lipinski definition) is 0. The Hall–Kier alpha value is -2.12. The third-order valence-corrected chi connectivity index (χ3v) is 36.3. The second-order valence-electron chi connectivity index (χ2n) is 15.3. The first-order chi connectivity index (χ1) is 23.2. The van der Waals surface area contributed by atoms with Crippen molar-refractivity contribution in [3.05, 3.63) is 52.0 Å². The van der Waals surface area contributed by atoms with Gasteiger partial charge in [0.15, 0.2) is 0 Å². The van der Waals surface area contributed by atoms with Crippen LogP contribution in [0.15, 0.2) is 35.6 Å². The fraction of sp³-hybridized carbons (Fsp3) is 0.667. The molecule has 2 aromatic rings. The van der Waals surface area contributed by atoms with E-state index in [1.54, 1.807) is 23.4 Å². The molecule has 10 nitrogen and oxygen atoms in total. The normalized spacial score (nSPS) is 19.6. The van der Waals surface area contributed by atoms with Gasteiger partial charge in [0.05, 0.1) is 4.92 Å². The predicted octanol–water partition coefficient (Wildman–Crippen LogP) is 9.80. The van der Waals surface area contributed by atoms with Crippen LogP contribution in [0.5, 0.6) is 0 Å². The van der Waals surface area contributed by atoms with E-state index in [1.807, 2.05) is 16.3 Å². The summed E-state index contributed by atoms with van der Waals surface area (Å²) in [6.07, 6.45) is 8.78. The predicted molar refractivity (Wildman–Crippen MR) is 202 cm³/mol. The van der Waals surface area contributed by atoms with Gasteiger partial charge in [0.25, 0.3) is 5.69 Å². The van der Waals surface area contributed by atoms with Crippen LogP contribution in [-0.4, -0.2) is 74.0 Å². The van der Waals surface area contributed by atoms with Crippen molar-refractivity contribution < 1.29 is 23.7 Å². The molecule has 49 heavy (non-hydrogen) atoms. The topological polar surface area (TPSA) is 117 Å². The van der Waals surface area contributed by atoms with Gasteiger partial charge in [-0.25, -0.2) is 0 Å². The number of nitro groups is 1. The van der Waals surface area contributed by atoms with E-state index in [1.165, 1.54) is 44.7 Å². The number of carbonyl (C=O) groups is 1. The summed E-state index contributed by atoms with van der Waals surface area (Å²) in [5, 5.41) is 12.1. The van der Waals surface area contributed by atoms with Crippen molar-refractivity contribution >= 4 is 61.9 Å². The molecule has 3 heterocycles. The Balaban J connectivity index is 1.67. The molecule has 4 rings (SSSR count). The average molecular weight is 820 g/mol. The van der Waals surface area contributed by atoms with Crippen LogP contribution < -0.4 is 0 Å².